The molecule has 9 heteroatoms. The molecule has 0 spiro atoms. The molecular formula is C20H21FN2O6. The summed E-state index contributed by atoms with van der Waals surface area (Å²) in [6, 6.07) is 9.94. The summed E-state index contributed by atoms with van der Waals surface area (Å²) in [4.78, 5) is 25.0. The van der Waals surface area contributed by atoms with E-state index in [9.17, 15) is 19.3 Å². The third-order valence-corrected chi connectivity index (χ3v) is 4.36. The fourth-order valence-electron chi connectivity index (χ4n) is 2.90. The average Bonchev–Trinajstić information content (AvgIpc) is 2.75. The van der Waals surface area contributed by atoms with Crippen molar-refractivity contribution in [2.75, 3.05) is 44.4 Å². The highest BCUT2D eigenvalue weighted by atomic mass is 19.1. The van der Waals surface area contributed by atoms with Gasteiger partial charge >= 0.3 is 5.97 Å². The molecule has 0 saturated carbocycles. The fraction of sp³-hybridized carbons (Fsp3) is 0.350. The van der Waals surface area contributed by atoms with Gasteiger partial charge < -0.3 is 19.1 Å². The van der Waals surface area contributed by atoms with Crippen LogP contribution >= 0.6 is 0 Å². The molecule has 0 N–H and O–H groups in total. The van der Waals surface area contributed by atoms with Gasteiger partial charge in [-0.1, -0.05) is 0 Å². The fourth-order valence-corrected chi connectivity index (χ4v) is 2.90. The van der Waals surface area contributed by atoms with Crippen LogP contribution in [-0.2, 0) is 9.47 Å². The number of esters is 1. The Hall–Kier alpha value is -3.20. The maximum Gasteiger partial charge on any atom is 0.338 e. The molecule has 8 nitrogen and oxygen atoms in total. The second-order valence-corrected chi connectivity index (χ2v) is 6.35. The number of anilines is 1. The smallest absolute Gasteiger partial charge is 0.338 e. The zero-order valence-electron chi connectivity index (χ0n) is 15.7. The first-order chi connectivity index (χ1) is 14.0. The molecule has 0 radical (unpaired) electrons. The molecule has 3 rings (SSSR count). The van der Waals surface area contributed by atoms with Gasteiger partial charge in [-0.25, -0.2) is 9.18 Å². The van der Waals surface area contributed by atoms with Crippen LogP contribution in [0.1, 0.15) is 16.8 Å². The molecule has 1 aliphatic heterocycles. The molecule has 1 aliphatic rings. The van der Waals surface area contributed by atoms with Gasteiger partial charge in [0.15, 0.2) is 0 Å². The van der Waals surface area contributed by atoms with E-state index in [2.05, 4.69) is 0 Å². The summed E-state index contributed by atoms with van der Waals surface area (Å²) in [6.45, 7) is 2.49. The summed E-state index contributed by atoms with van der Waals surface area (Å²) in [5.41, 5.74) is 0.441. The Balaban J connectivity index is 1.52. The predicted octanol–water partition coefficient (Wildman–Crippen LogP) is 3.20. The summed E-state index contributed by atoms with van der Waals surface area (Å²) in [7, 11) is 0. The summed E-state index contributed by atoms with van der Waals surface area (Å²) >= 11 is 0. The maximum atomic E-state index is 12.8. The van der Waals surface area contributed by atoms with E-state index in [1.54, 1.807) is 6.07 Å². The highest BCUT2D eigenvalue weighted by Crippen LogP contribution is 2.30. The van der Waals surface area contributed by atoms with Crippen molar-refractivity contribution >= 4 is 17.3 Å². The predicted molar refractivity (Wildman–Crippen MR) is 103 cm³/mol. The van der Waals surface area contributed by atoms with Crippen molar-refractivity contribution in [1.29, 1.82) is 0 Å². The van der Waals surface area contributed by atoms with Gasteiger partial charge in [0.25, 0.3) is 5.69 Å². The number of halogens is 1. The lowest BCUT2D eigenvalue weighted by molar-refractivity contribution is -0.384. The second kappa shape index (κ2) is 9.83. The molecule has 0 aromatic heterocycles. The van der Waals surface area contributed by atoms with Crippen LogP contribution in [0.15, 0.2) is 42.5 Å². The molecule has 2 aromatic carbocycles. The molecule has 1 saturated heterocycles. The van der Waals surface area contributed by atoms with E-state index >= 15 is 0 Å². The topological polar surface area (TPSA) is 91.1 Å². The Morgan fingerprint density at radius 3 is 2.55 bits per heavy atom. The quantitative estimate of drug-likeness (QED) is 0.289. The number of nitrogens with zero attached hydrogens (tertiary/aromatic N) is 2. The molecule has 2 aromatic rings. The Morgan fingerprint density at radius 2 is 1.86 bits per heavy atom. The number of morpholine rings is 1. The van der Waals surface area contributed by atoms with Gasteiger partial charge in [-0.15, -0.1) is 0 Å². The van der Waals surface area contributed by atoms with Crippen LogP contribution in [0.5, 0.6) is 5.75 Å². The maximum absolute atomic E-state index is 12.8. The van der Waals surface area contributed by atoms with Crippen LogP contribution < -0.4 is 9.64 Å². The number of nitro benzene ring substituents is 1. The minimum absolute atomic E-state index is 0.0963. The molecule has 0 aliphatic carbocycles. The molecule has 1 fully saturated rings. The third kappa shape index (κ3) is 5.64. The number of carbonyl (C=O) groups is 1. The number of rotatable bonds is 8. The SMILES string of the molecule is O=C(OCCCOc1ccc(F)cc1)c1ccc(N2CCOCC2)c([N+](=O)[O-])c1. The van der Waals surface area contributed by atoms with Gasteiger partial charge in [0, 0.05) is 25.6 Å². The van der Waals surface area contributed by atoms with Gasteiger partial charge in [0.1, 0.15) is 17.3 Å². The summed E-state index contributed by atoms with van der Waals surface area (Å²) in [5, 5.41) is 11.4. The summed E-state index contributed by atoms with van der Waals surface area (Å²) in [5.74, 6) is -0.463. The molecule has 1 heterocycles. The lowest BCUT2D eigenvalue weighted by Crippen LogP contribution is -2.36. The van der Waals surface area contributed by atoms with E-state index < -0.39 is 10.9 Å². The van der Waals surface area contributed by atoms with Gasteiger partial charge in [-0.2, -0.15) is 0 Å². The molecule has 154 valence electrons. The van der Waals surface area contributed by atoms with E-state index in [4.69, 9.17) is 14.2 Å². The van der Waals surface area contributed by atoms with E-state index in [1.807, 2.05) is 4.90 Å². The molecule has 0 unspecified atom stereocenters. The number of benzene rings is 2. The van der Waals surface area contributed by atoms with Gasteiger partial charge in [0.2, 0.25) is 0 Å². The zero-order valence-corrected chi connectivity index (χ0v) is 15.7. The number of hydrogen-bond acceptors (Lipinski definition) is 7. The first-order valence-corrected chi connectivity index (χ1v) is 9.21. The van der Waals surface area contributed by atoms with Crippen molar-refractivity contribution in [1.82, 2.24) is 0 Å². The lowest BCUT2D eigenvalue weighted by Gasteiger charge is -2.28. The van der Waals surface area contributed by atoms with Crippen molar-refractivity contribution in [3.05, 3.63) is 64.0 Å². The molecule has 0 amide bonds. The summed E-state index contributed by atoms with van der Waals surface area (Å²) < 4.78 is 28.7. The van der Waals surface area contributed by atoms with E-state index in [0.29, 0.717) is 44.2 Å². The Kier molecular flexibility index (Phi) is 6.96. The third-order valence-electron chi connectivity index (χ3n) is 4.36. The first-order valence-electron chi connectivity index (χ1n) is 9.21. The van der Waals surface area contributed by atoms with Crippen molar-refractivity contribution in [2.45, 2.75) is 6.42 Å². The van der Waals surface area contributed by atoms with Crippen molar-refractivity contribution in [3.63, 3.8) is 0 Å². The van der Waals surface area contributed by atoms with Gasteiger partial charge in [-0.05, 0) is 36.4 Å². The van der Waals surface area contributed by atoms with Crippen molar-refractivity contribution in [2.24, 2.45) is 0 Å². The number of nitro groups is 1. The normalized spacial score (nSPS) is 13.8. The average molecular weight is 404 g/mol. The minimum Gasteiger partial charge on any atom is -0.493 e. The molecule has 0 atom stereocenters. The van der Waals surface area contributed by atoms with Crippen molar-refractivity contribution in [3.8, 4) is 5.75 Å². The van der Waals surface area contributed by atoms with Gasteiger partial charge in [-0.3, -0.25) is 10.1 Å². The van der Waals surface area contributed by atoms with E-state index in [0.717, 1.165) is 0 Å². The van der Waals surface area contributed by atoms with E-state index in [-0.39, 0.29) is 30.3 Å². The van der Waals surface area contributed by atoms with Crippen LogP contribution in [0, 0.1) is 15.9 Å². The van der Waals surface area contributed by atoms with Crippen LogP contribution in [0.3, 0.4) is 0 Å². The standard InChI is InChI=1S/C20H21FN2O6/c21-16-3-5-17(6-4-16)28-10-1-11-29-20(24)15-2-7-18(19(14-15)23(25)26)22-8-12-27-13-9-22/h2-7,14H,1,8-13H2. The molecule has 0 bridgehead atoms. The highest BCUT2D eigenvalue weighted by molar-refractivity contribution is 5.91. The second-order valence-electron chi connectivity index (χ2n) is 6.35. The van der Waals surface area contributed by atoms with Crippen LogP contribution in [0.2, 0.25) is 0 Å². The zero-order chi connectivity index (χ0) is 20.6. The summed E-state index contributed by atoms with van der Waals surface area (Å²) in [6.07, 6.45) is 0.428. The van der Waals surface area contributed by atoms with Crippen LogP contribution in [-0.4, -0.2) is 50.4 Å². The number of ether oxygens (including phenoxy) is 3. The lowest BCUT2D eigenvalue weighted by atomic mass is 10.1. The van der Waals surface area contributed by atoms with Crippen LogP contribution in [0.25, 0.3) is 0 Å². The highest BCUT2D eigenvalue weighted by Gasteiger charge is 2.23. The monoisotopic (exact) mass is 404 g/mol. The van der Waals surface area contributed by atoms with Crippen LogP contribution in [0.4, 0.5) is 15.8 Å². The Bertz CT molecular complexity index is 853. The van der Waals surface area contributed by atoms with Gasteiger partial charge in [0.05, 0.1) is 36.9 Å². The minimum atomic E-state index is -0.636. The van der Waals surface area contributed by atoms with Crippen molar-refractivity contribution < 1.29 is 28.3 Å². The number of hydrogen-bond donors (Lipinski definition) is 0. The van der Waals surface area contributed by atoms with E-state index in [1.165, 1.54) is 36.4 Å². The Morgan fingerprint density at radius 1 is 1.14 bits per heavy atom. The Labute approximate surface area is 166 Å². The number of carbonyl (C=O) groups excluding carboxylic acids is 1. The largest absolute Gasteiger partial charge is 0.493 e. The molecular weight excluding hydrogens is 383 g/mol. The first kappa shape index (κ1) is 20.5. The molecule has 29 heavy (non-hydrogen) atoms.